The molecule has 1 rings (SSSR count). The molecule has 0 heterocycles. The number of methoxy groups -OCH3 is 1. The molecule has 0 aromatic heterocycles. The first kappa shape index (κ1) is 11.5. The van der Waals surface area contributed by atoms with E-state index in [1.165, 1.54) is 7.11 Å². The standard InChI is InChI=1S/C10H11IO3/c1-13-6-8(12)7-14-10-5-3-2-4-9(10)11/h2-5H,6-7H2,1H3. The number of para-hydroxylation sites is 1. The Hall–Kier alpha value is -0.620. The minimum absolute atomic E-state index is 0.0628. The van der Waals surface area contributed by atoms with Gasteiger partial charge in [-0.3, -0.25) is 4.79 Å². The first-order chi connectivity index (χ1) is 6.74. The molecule has 0 spiro atoms. The van der Waals surface area contributed by atoms with Crippen LogP contribution in [0.5, 0.6) is 5.75 Å². The predicted octanol–water partition coefficient (Wildman–Crippen LogP) is 1.89. The van der Waals surface area contributed by atoms with Gasteiger partial charge in [0.05, 0.1) is 3.57 Å². The van der Waals surface area contributed by atoms with Gasteiger partial charge in [-0.05, 0) is 34.7 Å². The summed E-state index contributed by atoms with van der Waals surface area (Å²) in [5, 5.41) is 0. The summed E-state index contributed by atoms with van der Waals surface area (Å²) in [7, 11) is 1.49. The third-order valence-electron chi connectivity index (χ3n) is 1.53. The molecule has 0 amide bonds. The number of hydrogen-bond acceptors (Lipinski definition) is 3. The molecule has 1 aromatic carbocycles. The van der Waals surface area contributed by atoms with E-state index in [9.17, 15) is 4.79 Å². The van der Waals surface area contributed by atoms with E-state index in [-0.39, 0.29) is 19.0 Å². The zero-order valence-corrected chi connectivity index (χ0v) is 9.98. The van der Waals surface area contributed by atoms with Crippen LogP contribution in [0.2, 0.25) is 0 Å². The van der Waals surface area contributed by atoms with Crippen molar-refractivity contribution in [3.8, 4) is 5.75 Å². The Morgan fingerprint density at radius 3 is 2.71 bits per heavy atom. The Kier molecular flexibility index (Phi) is 4.89. The van der Waals surface area contributed by atoms with Crippen LogP contribution in [0, 0.1) is 3.57 Å². The van der Waals surface area contributed by atoms with Crippen molar-refractivity contribution in [2.45, 2.75) is 0 Å². The summed E-state index contributed by atoms with van der Waals surface area (Å²) in [4.78, 5) is 11.1. The maximum Gasteiger partial charge on any atom is 0.195 e. The predicted molar refractivity (Wildman–Crippen MR) is 61.5 cm³/mol. The molecule has 1 aromatic rings. The SMILES string of the molecule is COCC(=O)COc1ccccc1I. The van der Waals surface area contributed by atoms with Gasteiger partial charge >= 0.3 is 0 Å². The highest BCUT2D eigenvalue weighted by atomic mass is 127. The summed E-state index contributed by atoms with van der Waals surface area (Å²) < 4.78 is 11.0. The van der Waals surface area contributed by atoms with Crippen LogP contribution in [0.15, 0.2) is 24.3 Å². The summed E-state index contributed by atoms with van der Waals surface area (Å²) in [6.07, 6.45) is 0. The van der Waals surface area contributed by atoms with E-state index < -0.39 is 0 Å². The van der Waals surface area contributed by atoms with Crippen LogP contribution in [0.25, 0.3) is 0 Å². The van der Waals surface area contributed by atoms with Crippen LogP contribution in [0.3, 0.4) is 0 Å². The van der Waals surface area contributed by atoms with E-state index in [2.05, 4.69) is 22.6 Å². The Balaban J connectivity index is 2.46. The van der Waals surface area contributed by atoms with Crippen molar-refractivity contribution < 1.29 is 14.3 Å². The Labute approximate surface area is 96.5 Å². The van der Waals surface area contributed by atoms with Gasteiger partial charge in [0.1, 0.15) is 19.0 Å². The fourth-order valence-corrected chi connectivity index (χ4v) is 1.47. The Morgan fingerprint density at radius 1 is 1.36 bits per heavy atom. The highest BCUT2D eigenvalue weighted by Crippen LogP contribution is 2.19. The molecule has 0 unspecified atom stereocenters. The van der Waals surface area contributed by atoms with Crippen LogP contribution in [0.4, 0.5) is 0 Å². The molecule has 0 aliphatic heterocycles. The molecule has 3 nitrogen and oxygen atoms in total. The molecule has 0 atom stereocenters. The lowest BCUT2D eigenvalue weighted by Crippen LogP contribution is -2.16. The van der Waals surface area contributed by atoms with Crippen LogP contribution in [-0.4, -0.2) is 26.1 Å². The van der Waals surface area contributed by atoms with Crippen molar-refractivity contribution in [3.05, 3.63) is 27.8 Å². The molecule has 0 radical (unpaired) electrons. The van der Waals surface area contributed by atoms with Gasteiger partial charge in [-0.2, -0.15) is 0 Å². The second-order valence-electron chi connectivity index (χ2n) is 2.69. The zero-order valence-electron chi connectivity index (χ0n) is 7.83. The second-order valence-corrected chi connectivity index (χ2v) is 3.85. The molecular weight excluding hydrogens is 295 g/mol. The fraction of sp³-hybridized carbons (Fsp3) is 0.300. The van der Waals surface area contributed by atoms with E-state index in [4.69, 9.17) is 9.47 Å². The fourth-order valence-electron chi connectivity index (χ4n) is 0.923. The summed E-state index contributed by atoms with van der Waals surface area (Å²) in [6.45, 7) is 0.164. The van der Waals surface area contributed by atoms with Gasteiger partial charge < -0.3 is 9.47 Å². The number of hydrogen-bond donors (Lipinski definition) is 0. The number of carbonyl (C=O) groups is 1. The molecule has 0 fully saturated rings. The van der Waals surface area contributed by atoms with Crippen LogP contribution in [0.1, 0.15) is 0 Å². The van der Waals surface area contributed by atoms with E-state index in [1.54, 1.807) is 0 Å². The van der Waals surface area contributed by atoms with Gasteiger partial charge in [0, 0.05) is 7.11 Å². The molecule has 0 bridgehead atoms. The highest BCUT2D eigenvalue weighted by molar-refractivity contribution is 14.1. The third kappa shape index (κ3) is 3.63. The summed E-state index contributed by atoms with van der Waals surface area (Å²) in [6, 6.07) is 7.56. The second kappa shape index (κ2) is 5.98. The molecule has 0 aliphatic carbocycles. The molecule has 0 aliphatic rings. The first-order valence-corrected chi connectivity index (χ1v) is 5.20. The normalized spacial score (nSPS) is 9.86. The maximum absolute atomic E-state index is 11.1. The van der Waals surface area contributed by atoms with Gasteiger partial charge in [-0.15, -0.1) is 0 Å². The van der Waals surface area contributed by atoms with E-state index in [1.807, 2.05) is 24.3 Å². The van der Waals surface area contributed by atoms with Crippen molar-refractivity contribution in [3.63, 3.8) is 0 Å². The third-order valence-corrected chi connectivity index (χ3v) is 2.42. The van der Waals surface area contributed by atoms with Gasteiger partial charge in [0.25, 0.3) is 0 Å². The molecule has 0 N–H and O–H groups in total. The van der Waals surface area contributed by atoms with Gasteiger partial charge in [-0.1, -0.05) is 12.1 Å². The summed E-state index contributed by atoms with van der Waals surface area (Å²) in [5.74, 6) is 0.671. The van der Waals surface area contributed by atoms with E-state index in [0.29, 0.717) is 0 Å². The number of benzene rings is 1. The largest absolute Gasteiger partial charge is 0.485 e. The lowest BCUT2D eigenvalue weighted by atomic mass is 10.3. The van der Waals surface area contributed by atoms with E-state index in [0.717, 1.165) is 9.32 Å². The molecule has 0 saturated carbocycles. The summed E-state index contributed by atoms with van der Waals surface area (Å²) in [5.41, 5.74) is 0. The molecule has 4 heteroatoms. The molecular formula is C10H11IO3. The average Bonchev–Trinajstić information content (AvgIpc) is 2.17. The lowest BCUT2D eigenvalue weighted by Gasteiger charge is -2.06. The number of Topliss-reactive ketones (excluding diaryl/α,β-unsaturated/α-hetero) is 1. The number of halogens is 1. The van der Waals surface area contributed by atoms with Crippen molar-refractivity contribution in [1.29, 1.82) is 0 Å². The minimum Gasteiger partial charge on any atom is -0.485 e. The zero-order chi connectivity index (χ0) is 10.4. The topological polar surface area (TPSA) is 35.5 Å². The van der Waals surface area contributed by atoms with E-state index >= 15 is 0 Å². The Morgan fingerprint density at radius 2 is 2.07 bits per heavy atom. The smallest absolute Gasteiger partial charge is 0.195 e. The van der Waals surface area contributed by atoms with Gasteiger partial charge in [-0.25, -0.2) is 0 Å². The van der Waals surface area contributed by atoms with Crippen molar-refractivity contribution in [2.75, 3.05) is 20.3 Å². The minimum atomic E-state index is -0.0628. The molecule has 76 valence electrons. The van der Waals surface area contributed by atoms with Crippen molar-refractivity contribution >= 4 is 28.4 Å². The van der Waals surface area contributed by atoms with Crippen LogP contribution >= 0.6 is 22.6 Å². The van der Waals surface area contributed by atoms with Crippen LogP contribution < -0.4 is 4.74 Å². The maximum atomic E-state index is 11.1. The highest BCUT2D eigenvalue weighted by Gasteiger charge is 2.04. The number of ketones is 1. The molecule has 0 saturated heterocycles. The quantitative estimate of drug-likeness (QED) is 0.779. The lowest BCUT2D eigenvalue weighted by molar-refractivity contribution is -0.124. The monoisotopic (exact) mass is 306 g/mol. The average molecular weight is 306 g/mol. The van der Waals surface area contributed by atoms with Crippen LogP contribution in [-0.2, 0) is 9.53 Å². The first-order valence-electron chi connectivity index (χ1n) is 4.12. The van der Waals surface area contributed by atoms with Crippen molar-refractivity contribution in [2.24, 2.45) is 0 Å². The summed E-state index contributed by atoms with van der Waals surface area (Å²) >= 11 is 2.16. The van der Waals surface area contributed by atoms with Gasteiger partial charge in [0.15, 0.2) is 5.78 Å². The number of carbonyl (C=O) groups excluding carboxylic acids is 1. The Bertz CT molecular complexity index is 312. The van der Waals surface area contributed by atoms with Gasteiger partial charge in [0.2, 0.25) is 0 Å². The molecule has 14 heavy (non-hydrogen) atoms. The number of ether oxygens (including phenoxy) is 2. The van der Waals surface area contributed by atoms with Crippen molar-refractivity contribution in [1.82, 2.24) is 0 Å². The number of rotatable bonds is 5.